The second-order valence-corrected chi connectivity index (χ2v) is 6.20. The number of amides is 1. The van der Waals surface area contributed by atoms with Crippen LogP contribution < -0.4 is 5.32 Å². The Labute approximate surface area is 138 Å². The van der Waals surface area contributed by atoms with Crippen LogP contribution in [-0.4, -0.2) is 42.5 Å². The van der Waals surface area contributed by atoms with Crippen molar-refractivity contribution in [3.05, 3.63) is 29.2 Å². The Balaban J connectivity index is 2.46. The van der Waals surface area contributed by atoms with Crippen LogP contribution in [0.25, 0.3) is 5.95 Å². The molecule has 0 saturated heterocycles. The SMILES string of the molecule is Cc1cc(C)nc(-n2ncc(C(=O)O)c2NC(=O)OC(C)(C)C)n1. The van der Waals surface area contributed by atoms with Crippen LogP contribution in [0.1, 0.15) is 42.5 Å². The second kappa shape index (κ2) is 6.26. The van der Waals surface area contributed by atoms with Gasteiger partial charge in [-0.05, 0) is 40.7 Å². The molecule has 9 heteroatoms. The Morgan fingerprint density at radius 2 is 1.79 bits per heavy atom. The van der Waals surface area contributed by atoms with Crippen molar-refractivity contribution >= 4 is 17.9 Å². The van der Waals surface area contributed by atoms with E-state index < -0.39 is 17.7 Å². The van der Waals surface area contributed by atoms with E-state index in [1.54, 1.807) is 40.7 Å². The predicted octanol–water partition coefficient (Wildman–Crippen LogP) is 2.32. The van der Waals surface area contributed by atoms with Gasteiger partial charge in [-0.2, -0.15) is 9.78 Å². The van der Waals surface area contributed by atoms with E-state index >= 15 is 0 Å². The summed E-state index contributed by atoms with van der Waals surface area (Å²) in [4.78, 5) is 31.8. The number of carbonyl (C=O) groups excluding carboxylic acids is 1. The van der Waals surface area contributed by atoms with Crippen molar-refractivity contribution in [1.82, 2.24) is 19.7 Å². The summed E-state index contributed by atoms with van der Waals surface area (Å²) in [5.41, 5.74) is 0.458. The zero-order chi connectivity index (χ0) is 18.1. The Hall–Kier alpha value is -2.97. The molecule has 0 aliphatic heterocycles. The van der Waals surface area contributed by atoms with Gasteiger partial charge in [0.2, 0.25) is 0 Å². The van der Waals surface area contributed by atoms with Gasteiger partial charge in [0.05, 0.1) is 6.20 Å². The summed E-state index contributed by atoms with van der Waals surface area (Å²) in [5.74, 6) is -1.15. The molecule has 2 aromatic heterocycles. The maximum absolute atomic E-state index is 12.0. The Bertz CT molecular complexity index is 771. The van der Waals surface area contributed by atoms with Crippen LogP contribution in [0, 0.1) is 13.8 Å². The number of carbonyl (C=O) groups is 2. The van der Waals surface area contributed by atoms with Crippen LogP contribution in [0.15, 0.2) is 12.3 Å². The number of nitrogens with one attached hydrogen (secondary N) is 1. The van der Waals surface area contributed by atoms with Crippen LogP contribution >= 0.6 is 0 Å². The molecule has 9 nitrogen and oxygen atoms in total. The van der Waals surface area contributed by atoms with E-state index in [2.05, 4.69) is 20.4 Å². The monoisotopic (exact) mass is 333 g/mol. The second-order valence-electron chi connectivity index (χ2n) is 6.20. The van der Waals surface area contributed by atoms with E-state index in [4.69, 9.17) is 4.74 Å². The Kier molecular flexibility index (Phi) is 4.54. The first-order valence-corrected chi connectivity index (χ1v) is 7.21. The molecule has 0 aliphatic rings. The summed E-state index contributed by atoms with van der Waals surface area (Å²) in [6, 6.07) is 1.77. The van der Waals surface area contributed by atoms with Crippen LogP contribution in [0.3, 0.4) is 0 Å². The lowest BCUT2D eigenvalue weighted by Crippen LogP contribution is -2.28. The van der Waals surface area contributed by atoms with Gasteiger partial charge in [0.1, 0.15) is 11.2 Å². The van der Waals surface area contributed by atoms with Crippen LogP contribution in [-0.2, 0) is 4.74 Å². The third-order valence-electron chi connectivity index (χ3n) is 2.78. The number of anilines is 1. The molecule has 0 spiro atoms. The lowest BCUT2D eigenvalue weighted by molar-refractivity contribution is 0.0635. The maximum atomic E-state index is 12.0. The van der Waals surface area contributed by atoms with Crippen molar-refractivity contribution in [1.29, 1.82) is 0 Å². The first-order valence-electron chi connectivity index (χ1n) is 7.21. The van der Waals surface area contributed by atoms with Gasteiger partial charge in [-0.1, -0.05) is 0 Å². The van der Waals surface area contributed by atoms with Crippen molar-refractivity contribution in [2.24, 2.45) is 0 Å². The third-order valence-corrected chi connectivity index (χ3v) is 2.78. The summed E-state index contributed by atoms with van der Waals surface area (Å²) in [5, 5.41) is 15.7. The summed E-state index contributed by atoms with van der Waals surface area (Å²) in [6.07, 6.45) is 0.326. The molecule has 2 rings (SSSR count). The highest BCUT2D eigenvalue weighted by atomic mass is 16.6. The smallest absolute Gasteiger partial charge is 0.413 e. The van der Waals surface area contributed by atoms with E-state index in [0.717, 1.165) is 10.9 Å². The van der Waals surface area contributed by atoms with Gasteiger partial charge in [0, 0.05) is 11.4 Å². The minimum atomic E-state index is -1.24. The standard InChI is InChI=1S/C15H19N5O4/c1-8-6-9(2)18-13(17-8)20-11(10(7-16-20)12(21)22)19-14(23)24-15(3,4)5/h6-7H,1-5H3,(H,19,23)(H,21,22). The molecule has 2 heterocycles. The average molecular weight is 333 g/mol. The van der Waals surface area contributed by atoms with Gasteiger partial charge < -0.3 is 9.84 Å². The number of nitrogens with zero attached hydrogens (tertiary/aromatic N) is 4. The minimum absolute atomic E-state index is 0.0678. The number of aromatic carboxylic acids is 1. The molecular formula is C15H19N5O4. The van der Waals surface area contributed by atoms with Gasteiger partial charge in [-0.25, -0.2) is 19.6 Å². The number of carboxylic acids is 1. The van der Waals surface area contributed by atoms with Crippen LogP contribution in [0.2, 0.25) is 0 Å². The van der Waals surface area contributed by atoms with Gasteiger partial charge in [0.15, 0.2) is 5.82 Å². The zero-order valence-electron chi connectivity index (χ0n) is 14.1. The zero-order valence-corrected chi connectivity index (χ0v) is 14.1. The fourth-order valence-electron chi connectivity index (χ4n) is 1.98. The van der Waals surface area contributed by atoms with Crippen molar-refractivity contribution in [2.75, 3.05) is 5.32 Å². The number of aromatic nitrogens is 4. The van der Waals surface area contributed by atoms with E-state index in [9.17, 15) is 14.7 Å². The van der Waals surface area contributed by atoms with Crippen molar-refractivity contribution in [3.8, 4) is 5.95 Å². The normalized spacial score (nSPS) is 11.2. The predicted molar refractivity (Wildman–Crippen MR) is 85.4 cm³/mol. The summed E-state index contributed by atoms with van der Waals surface area (Å²) >= 11 is 0. The fraction of sp³-hybridized carbons (Fsp3) is 0.400. The quantitative estimate of drug-likeness (QED) is 0.884. The number of hydrogen-bond acceptors (Lipinski definition) is 6. The number of ether oxygens (including phenoxy) is 1. The number of carboxylic acid groups (broad SMARTS) is 1. The molecule has 0 bridgehead atoms. The number of hydrogen-bond donors (Lipinski definition) is 2. The topological polar surface area (TPSA) is 119 Å². The van der Waals surface area contributed by atoms with Gasteiger partial charge in [-0.15, -0.1) is 0 Å². The first kappa shape index (κ1) is 17.4. The average Bonchev–Trinajstić information content (AvgIpc) is 2.78. The number of rotatable bonds is 3. The maximum Gasteiger partial charge on any atom is 0.413 e. The molecular weight excluding hydrogens is 314 g/mol. The van der Waals surface area contributed by atoms with Crippen LogP contribution in [0.4, 0.5) is 10.6 Å². The Morgan fingerprint density at radius 3 is 2.29 bits per heavy atom. The van der Waals surface area contributed by atoms with Crippen molar-refractivity contribution in [2.45, 2.75) is 40.2 Å². The van der Waals surface area contributed by atoms with E-state index in [-0.39, 0.29) is 17.3 Å². The van der Waals surface area contributed by atoms with Crippen LogP contribution in [0.5, 0.6) is 0 Å². The van der Waals surface area contributed by atoms with E-state index in [1.165, 1.54) is 0 Å². The summed E-state index contributed by atoms with van der Waals surface area (Å²) < 4.78 is 6.32. The molecule has 2 N–H and O–H groups in total. The largest absolute Gasteiger partial charge is 0.477 e. The van der Waals surface area contributed by atoms with E-state index in [0.29, 0.717) is 11.4 Å². The van der Waals surface area contributed by atoms with Gasteiger partial charge in [-0.3, -0.25) is 5.32 Å². The molecule has 0 unspecified atom stereocenters. The lowest BCUT2D eigenvalue weighted by atomic mass is 10.2. The molecule has 2 aromatic rings. The molecule has 0 aliphatic carbocycles. The molecule has 24 heavy (non-hydrogen) atoms. The lowest BCUT2D eigenvalue weighted by Gasteiger charge is -2.20. The van der Waals surface area contributed by atoms with Gasteiger partial charge in [0.25, 0.3) is 5.95 Å². The Morgan fingerprint density at radius 1 is 1.21 bits per heavy atom. The molecule has 0 saturated carbocycles. The summed E-state index contributed by atoms with van der Waals surface area (Å²) in [6.45, 7) is 8.67. The molecule has 0 aromatic carbocycles. The molecule has 1 amide bonds. The number of aryl methyl sites for hydroxylation is 2. The fourth-order valence-corrected chi connectivity index (χ4v) is 1.98. The molecule has 0 atom stereocenters. The van der Waals surface area contributed by atoms with Crippen molar-refractivity contribution in [3.63, 3.8) is 0 Å². The third kappa shape index (κ3) is 4.06. The van der Waals surface area contributed by atoms with Crippen molar-refractivity contribution < 1.29 is 19.4 Å². The van der Waals surface area contributed by atoms with Gasteiger partial charge >= 0.3 is 12.1 Å². The highest BCUT2D eigenvalue weighted by Crippen LogP contribution is 2.20. The van der Waals surface area contributed by atoms with E-state index in [1.807, 2.05) is 0 Å². The molecule has 0 fully saturated rings. The highest BCUT2D eigenvalue weighted by molar-refractivity contribution is 5.97. The minimum Gasteiger partial charge on any atom is -0.477 e. The molecule has 0 radical (unpaired) electrons. The highest BCUT2D eigenvalue weighted by Gasteiger charge is 2.24. The molecule has 128 valence electrons. The summed E-state index contributed by atoms with van der Waals surface area (Å²) in [7, 11) is 0. The first-order chi connectivity index (χ1) is 11.1.